The number of anilines is 1. The van der Waals surface area contributed by atoms with E-state index in [9.17, 15) is 17.4 Å². The van der Waals surface area contributed by atoms with E-state index >= 15 is 0 Å². The SMILES string of the molecule is CCCOc1cccc(F)c1-c1ccc(/N=N/c2cc(S(=O)(=O)O)c3ccccc3c2N)cn1. The van der Waals surface area contributed by atoms with E-state index in [0.717, 1.165) is 12.5 Å². The van der Waals surface area contributed by atoms with Crippen LogP contribution >= 0.6 is 0 Å². The van der Waals surface area contributed by atoms with E-state index in [2.05, 4.69) is 15.2 Å². The number of nitrogens with zero attached hydrogens (tertiary/aromatic N) is 3. The molecule has 1 aromatic heterocycles. The maximum absolute atomic E-state index is 14.5. The van der Waals surface area contributed by atoms with Gasteiger partial charge in [-0.2, -0.15) is 8.42 Å². The Morgan fingerprint density at radius 1 is 1.06 bits per heavy atom. The average molecular weight is 481 g/mol. The summed E-state index contributed by atoms with van der Waals surface area (Å²) in [7, 11) is -4.52. The zero-order valence-electron chi connectivity index (χ0n) is 18.1. The maximum Gasteiger partial charge on any atom is 0.295 e. The first-order valence-electron chi connectivity index (χ1n) is 10.4. The lowest BCUT2D eigenvalue weighted by atomic mass is 10.1. The van der Waals surface area contributed by atoms with E-state index in [0.29, 0.717) is 29.1 Å². The van der Waals surface area contributed by atoms with Crippen LogP contribution in [0.1, 0.15) is 13.3 Å². The van der Waals surface area contributed by atoms with Crippen molar-refractivity contribution in [3.8, 4) is 17.0 Å². The van der Waals surface area contributed by atoms with Gasteiger partial charge in [0, 0.05) is 10.8 Å². The minimum atomic E-state index is -4.52. The number of ether oxygens (including phenoxy) is 1. The number of hydrogen-bond donors (Lipinski definition) is 2. The molecule has 0 radical (unpaired) electrons. The van der Waals surface area contributed by atoms with Gasteiger partial charge < -0.3 is 10.5 Å². The molecule has 0 saturated carbocycles. The molecule has 3 aromatic carbocycles. The first kappa shape index (κ1) is 23.3. The minimum absolute atomic E-state index is 0.0692. The fraction of sp³-hybridized carbons (Fsp3) is 0.125. The molecule has 0 unspecified atom stereocenters. The third kappa shape index (κ3) is 4.73. The van der Waals surface area contributed by atoms with E-state index in [1.165, 1.54) is 12.3 Å². The third-order valence-corrected chi connectivity index (χ3v) is 5.91. The Hall–Kier alpha value is -3.89. The van der Waals surface area contributed by atoms with Crippen LogP contribution in [-0.2, 0) is 10.1 Å². The molecule has 0 atom stereocenters. The molecule has 0 amide bonds. The molecule has 3 N–H and O–H groups in total. The van der Waals surface area contributed by atoms with E-state index in [4.69, 9.17) is 10.5 Å². The second-order valence-electron chi connectivity index (χ2n) is 7.39. The van der Waals surface area contributed by atoms with Gasteiger partial charge in [0.1, 0.15) is 27.8 Å². The van der Waals surface area contributed by atoms with Crippen LogP contribution in [0.2, 0.25) is 0 Å². The number of azo groups is 1. The number of hydrogen-bond acceptors (Lipinski definition) is 7. The van der Waals surface area contributed by atoms with Crippen molar-refractivity contribution in [3.05, 3.63) is 72.7 Å². The van der Waals surface area contributed by atoms with Gasteiger partial charge in [0.2, 0.25) is 0 Å². The quantitative estimate of drug-likeness (QED) is 0.188. The van der Waals surface area contributed by atoms with Crippen molar-refractivity contribution in [1.82, 2.24) is 4.98 Å². The molecule has 174 valence electrons. The number of halogens is 1. The van der Waals surface area contributed by atoms with Crippen LogP contribution in [0.5, 0.6) is 5.75 Å². The maximum atomic E-state index is 14.5. The molecular formula is C24H21FN4O4S. The van der Waals surface area contributed by atoms with Gasteiger partial charge in [0.05, 0.1) is 29.7 Å². The Morgan fingerprint density at radius 3 is 2.50 bits per heavy atom. The Bertz CT molecular complexity index is 1490. The molecule has 0 saturated heterocycles. The second kappa shape index (κ2) is 9.54. The molecule has 0 spiro atoms. The van der Waals surface area contributed by atoms with Gasteiger partial charge in [-0.3, -0.25) is 9.54 Å². The monoisotopic (exact) mass is 480 g/mol. The summed E-state index contributed by atoms with van der Waals surface area (Å²) >= 11 is 0. The zero-order valence-corrected chi connectivity index (χ0v) is 19.0. The van der Waals surface area contributed by atoms with Gasteiger partial charge in [-0.15, -0.1) is 10.2 Å². The van der Waals surface area contributed by atoms with Crippen LogP contribution in [0.4, 0.5) is 21.5 Å². The average Bonchev–Trinajstić information content (AvgIpc) is 2.82. The fourth-order valence-corrected chi connectivity index (χ4v) is 4.15. The number of nitrogen functional groups attached to an aromatic ring is 1. The summed E-state index contributed by atoms with van der Waals surface area (Å²) in [5.74, 6) is -0.0671. The van der Waals surface area contributed by atoms with E-state index in [-0.39, 0.29) is 27.2 Å². The molecule has 1 heterocycles. The molecule has 0 bridgehead atoms. The Kier molecular flexibility index (Phi) is 6.53. The smallest absolute Gasteiger partial charge is 0.295 e. The first-order valence-corrected chi connectivity index (χ1v) is 11.8. The standard InChI is InChI=1S/C24H21FN4O4S/c1-2-12-33-21-9-5-8-18(25)23(21)19-11-10-15(14-27-19)28-29-20-13-22(34(30,31)32)16-6-3-4-7-17(16)24(20)26/h3-11,13-14H,2,12,26H2,1H3,(H,30,31,32)/b29-28+. The highest BCUT2D eigenvalue weighted by Crippen LogP contribution is 2.37. The van der Waals surface area contributed by atoms with Gasteiger partial charge >= 0.3 is 0 Å². The summed E-state index contributed by atoms with van der Waals surface area (Å²) in [6, 6.07) is 15.4. The lowest BCUT2D eigenvalue weighted by molar-refractivity contribution is 0.317. The molecule has 0 aliphatic carbocycles. The molecule has 8 nitrogen and oxygen atoms in total. The van der Waals surface area contributed by atoms with Crippen molar-refractivity contribution in [1.29, 1.82) is 0 Å². The topological polar surface area (TPSA) is 127 Å². The summed E-state index contributed by atoms with van der Waals surface area (Å²) in [6.45, 7) is 2.40. The van der Waals surface area contributed by atoms with Crippen LogP contribution in [0.25, 0.3) is 22.0 Å². The fourth-order valence-electron chi connectivity index (χ4n) is 3.44. The number of benzene rings is 3. The lowest BCUT2D eigenvalue weighted by Gasteiger charge is -2.11. The molecule has 4 aromatic rings. The van der Waals surface area contributed by atoms with Crippen molar-refractivity contribution in [2.75, 3.05) is 12.3 Å². The summed E-state index contributed by atoms with van der Waals surface area (Å²) < 4.78 is 53.5. The minimum Gasteiger partial charge on any atom is -0.493 e. The predicted octanol–water partition coefficient (Wildman–Crippen LogP) is 6.07. The molecule has 34 heavy (non-hydrogen) atoms. The second-order valence-corrected chi connectivity index (χ2v) is 8.78. The summed E-state index contributed by atoms with van der Waals surface area (Å²) in [5, 5.41) is 8.83. The van der Waals surface area contributed by atoms with Gasteiger partial charge in [-0.25, -0.2) is 4.39 Å². The molecule has 10 heteroatoms. The van der Waals surface area contributed by atoms with E-state index < -0.39 is 15.9 Å². The van der Waals surface area contributed by atoms with Crippen LogP contribution in [0.15, 0.2) is 82.0 Å². The number of fused-ring (bicyclic) bond motifs is 1. The van der Waals surface area contributed by atoms with Crippen LogP contribution in [-0.4, -0.2) is 24.6 Å². The number of nitrogens with two attached hydrogens (primary N) is 1. The van der Waals surface area contributed by atoms with Gasteiger partial charge in [0.15, 0.2) is 0 Å². The first-order chi connectivity index (χ1) is 16.3. The van der Waals surface area contributed by atoms with Crippen LogP contribution < -0.4 is 10.5 Å². The Balaban J connectivity index is 1.69. The molecule has 0 aliphatic heterocycles. The third-order valence-electron chi connectivity index (χ3n) is 5.02. The molecule has 4 rings (SSSR count). The van der Waals surface area contributed by atoms with Crippen LogP contribution in [0, 0.1) is 5.82 Å². The molecule has 0 fully saturated rings. The zero-order chi connectivity index (χ0) is 24.3. The Labute approximate surface area is 195 Å². The van der Waals surface area contributed by atoms with Gasteiger partial charge in [-0.1, -0.05) is 37.3 Å². The van der Waals surface area contributed by atoms with Gasteiger partial charge in [0.25, 0.3) is 10.1 Å². The van der Waals surface area contributed by atoms with Crippen molar-refractivity contribution in [3.63, 3.8) is 0 Å². The highest BCUT2D eigenvalue weighted by molar-refractivity contribution is 7.86. The van der Waals surface area contributed by atoms with Crippen molar-refractivity contribution in [2.45, 2.75) is 18.2 Å². The molecular weight excluding hydrogens is 459 g/mol. The Morgan fingerprint density at radius 2 is 1.82 bits per heavy atom. The highest BCUT2D eigenvalue weighted by atomic mass is 32.2. The lowest BCUT2D eigenvalue weighted by Crippen LogP contribution is -2.01. The summed E-state index contributed by atoms with van der Waals surface area (Å²) in [5.41, 5.74) is 7.39. The van der Waals surface area contributed by atoms with E-state index in [1.807, 2.05) is 6.92 Å². The van der Waals surface area contributed by atoms with E-state index in [1.54, 1.807) is 48.5 Å². The van der Waals surface area contributed by atoms with Crippen molar-refractivity contribution in [2.24, 2.45) is 10.2 Å². The highest BCUT2D eigenvalue weighted by Gasteiger charge is 2.18. The summed E-state index contributed by atoms with van der Waals surface area (Å²) in [6.07, 6.45) is 2.18. The number of aromatic nitrogens is 1. The summed E-state index contributed by atoms with van der Waals surface area (Å²) in [4.78, 5) is 3.96. The number of rotatable bonds is 7. The largest absolute Gasteiger partial charge is 0.493 e. The molecule has 0 aliphatic rings. The van der Waals surface area contributed by atoms with Crippen LogP contribution in [0.3, 0.4) is 0 Å². The normalized spacial score (nSPS) is 11.9. The number of pyridine rings is 1. The van der Waals surface area contributed by atoms with Crippen molar-refractivity contribution >= 4 is 38.0 Å². The van der Waals surface area contributed by atoms with Crippen molar-refractivity contribution < 1.29 is 22.1 Å². The van der Waals surface area contributed by atoms with Gasteiger partial charge in [-0.05, 0) is 36.8 Å². The predicted molar refractivity (Wildman–Crippen MR) is 128 cm³/mol.